The van der Waals surface area contributed by atoms with E-state index in [1.807, 2.05) is 6.07 Å². The van der Waals surface area contributed by atoms with Gasteiger partial charge in [0.25, 0.3) is 0 Å². The Labute approximate surface area is 154 Å². The molecular weight excluding hydrogens is 328 g/mol. The van der Waals surface area contributed by atoms with E-state index in [0.29, 0.717) is 23.1 Å². The van der Waals surface area contributed by atoms with Crippen molar-refractivity contribution < 1.29 is 8.78 Å². The Morgan fingerprint density at radius 1 is 1.08 bits per heavy atom. The maximum atomic E-state index is 13.3. The molecular formula is C23H23F2N. The van der Waals surface area contributed by atoms with Gasteiger partial charge in [-0.05, 0) is 68.4 Å². The zero-order valence-corrected chi connectivity index (χ0v) is 15.0. The van der Waals surface area contributed by atoms with Crippen LogP contribution in [0.3, 0.4) is 0 Å². The van der Waals surface area contributed by atoms with Gasteiger partial charge in [0.05, 0.1) is 5.69 Å². The number of pyridine rings is 1. The molecule has 1 nitrogen and oxygen atoms in total. The quantitative estimate of drug-likeness (QED) is 0.477. The Bertz CT molecular complexity index is 820. The molecule has 0 N–H and O–H groups in total. The zero-order valence-electron chi connectivity index (χ0n) is 15.0. The summed E-state index contributed by atoms with van der Waals surface area (Å²) in [6.45, 7) is 2.17. The molecule has 0 spiro atoms. The van der Waals surface area contributed by atoms with E-state index < -0.39 is 11.6 Å². The highest BCUT2D eigenvalue weighted by molar-refractivity contribution is 5.59. The summed E-state index contributed by atoms with van der Waals surface area (Å²) in [5.41, 5.74) is 2.02. The number of allylic oxidation sites excluding steroid dienone is 2. The average Bonchev–Trinajstić information content (AvgIpc) is 2.68. The van der Waals surface area contributed by atoms with E-state index in [9.17, 15) is 8.78 Å². The molecule has 0 unspecified atom stereocenters. The van der Waals surface area contributed by atoms with Crippen LogP contribution in [-0.4, -0.2) is 4.98 Å². The fraction of sp³-hybridized carbons (Fsp3) is 0.348. The first-order valence-electron chi connectivity index (χ1n) is 9.25. The minimum Gasteiger partial charge on any atom is -0.255 e. The number of benzene rings is 1. The molecule has 0 atom stereocenters. The maximum absolute atomic E-state index is 13.3. The van der Waals surface area contributed by atoms with Crippen LogP contribution in [0.5, 0.6) is 0 Å². The molecule has 1 heterocycles. The van der Waals surface area contributed by atoms with Crippen molar-refractivity contribution >= 4 is 0 Å². The third kappa shape index (κ3) is 4.79. The van der Waals surface area contributed by atoms with Gasteiger partial charge in [0.2, 0.25) is 0 Å². The minimum atomic E-state index is -0.863. The number of rotatable bonds is 3. The summed E-state index contributed by atoms with van der Waals surface area (Å²) in [6, 6.07) is 7.48. The number of aromatic nitrogens is 1. The Hall–Kier alpha value is -2.47. The van der Waals surface area contributed by atoms with Gasteiger partial charge in [-0.15, -0.1) is 0 Å². The van der Waals surface area contributed by atoms with Gasteiger partial charge in [0.1, 0.15) is 0 Å². The molecule has 3 heteroatoms. The molecule has 1 aromatic carbocycles. The molecule has 0 radical (unpaired) electrons. The van der Waals surface area contributed by atoms with Crippen LogP contribution in [-0.2, 0) is 0 Å². The lowest BCUT2D eigenvalue weighted by Gasteiger charge is -2.23. The molecule has 26 heavy (non-hydrogen) atoms. The van der Waals surface area contributed by atoms with E-state index in [0.717, 1.165) is 37.0 Å². The van der Waals surface area contributed by atoms with Crippen LogP contribution in [0.1, 0.15) is 44.6 Å². The molecule has 3 rings (SSSR count). The molecule has 1 saturated carbocycles. The van der Waals surface area contributed by atoms with Crippen molar-refractivity contribution in [2.45, 2.75) is 39.0 Å². The standard InChI is InChI=1S/C23H23F2N/c1-2-3-4-17-5-7-18(8-6-17)9-10-19-11-14-23(26-16-19)20-12-13-21(24)22(25)15-20/h3-4,11-18H,2,5-8H2,1H3/b4-3+/t17-,18-. The Morgan fingerprint density at radius 3 is 2.54 bits per heavy atom. The molecule has 134 valence electrons. The lowest BCUT2D eigenvalue weighted by atomic mass is 9.82. The van der Waals surface area contributed by atoms with Crippen LogP contribution in [0.15, 0.2) is 48.7 Å². The Balaban J connectivity index is 1.61. The summed E-state index contributed by atoms with van der Waals surface area (Å²) in [5.74, 6) is 6.02. The zero-order chi connectivity index (χ0) is 18.4. The monoisotopic (exact) mass is 351 g/mol. The predicted octanol–water partition coefficient (Wildman–Crippen LogP) is 6.15. The van der Waals surface area contributed by atoms with Crippen molar-refractivity contribution in [3.05, 3.63) is 65.9 Å². The van der Waals surface area contributed by atoms with E-state index in [-0.39, 0.29) is 0 Å². The SMILES string of the molecule is CC/C=C/[C@H]1CC[C@H](C#Cc2ccc(-c3ccc(F)c(F)c3)nc2)CC1. The van der Waals surface area contributed by atoms with Gasteiger partial charge in [0, 0.05) is 23.2 Å². The fourth-order valence-electron chi connectivity index (χ4n) is 3.26. The van der Waals surface area contributed by atoms with E-state index in [1.54, 1.807) is 12.3 Å². The molecule has 0 amide bonds. The van der Waals surface area contributed by atoms with Crippen LogP contribution in [0.4, 0.5) is 8.78 Å². The number of halogens is 2. The van der Waals surface area contributed by atoms with E-state index in [4.69, 9.17) is 0 Å². The lowest BCUT2D eigenvalue weighted by Crippen LogP contribution is -2.11. The molecule has 0 aliphatic heterocycles. The highest BCUT2D eigenvalue weighted by Gasteiger charge is 2.17. The third-order valence-corrected chi connectivity index (χ3v) is 4.82. The van der Waals surface area contributed by atoms with Crippen LogP contribution >= 0.6 is 0 Å². The van der Waals surface area contributed by atoms with Crippen LogP contribution in [0.25, 0.3) is 11.3 Å². The molecule has 1 aliphatic carbocycles. The first-order chi connectivity index (χ1) is 12.7. The van der Waals surface area contributed by atoms with Crippen molar-refractivity contribution in [3.63, 3.8) is 0 Å². The third-order valence-electron chi connectivity index (χ3n) is 4.82. The summed E-state index contributed by atoms with van der Waals surface area (Å²) < 4.78 is 26.4. The van der Waals surface area contributed by atoms with E-state index in [2.05, 4.69) is 35.9 Å². The Kier molecular flexibility index (Phi) is 6.17. The summed E-state index contributed by atoms with van der Waals surface area (Å²) in [6.07, 6.45) is 12.1. The summed E-state index contributed by atoms with van der Waals surface area (Å²) >= 11 is 0. The first kappa shape index (κ1) is 18.3. The molecule has 0 bridgehead atoms. The van der Waals surface area contributed by atoms with Gasteiger partial charge in [-0.1, -0.05) is 30.9 Å². The largest absolute Gasteiger partial charge is 0.255 e. The topological polar surface area (TPSA) is 12.9 Å². The number of hydrogen-bond donors (Lipinski definition) is 0. The maximum Gasteiger partial charge on any atom is 0.159 e. The van der Waals surface area contributed by atoms with Gasteiger partial charge < -0.3 is 0 Å². The Morgan fingerprint density at radius 2 is 1.88 bits per heavy atom. The summed E-state index contributed by atoms with van der Waals surface area (Å²) in [5, 5.41) is 0. The average molecular weight is 351 g/mol. The highest BCUT2D eigenvalue weighted by atomic mass is 19.2. The van der Waals surface area contributed by atoms with Crippen molar-refractivity contribution in [1.29, 1.82) is 0 Å². The van der Waals surface area contributed by atoms with Crippen LogP contribution in [0, 0.1) is 35.3 Å². The minimum absolute atomic E-state index is 0.451. The van der Waals surface area contributed by atoms with Crippen molar-refractivity contribution in [1.82, 2.24) is 4.98 Å². The smallest absolute Gasteiger partial charge is 0.159 e. The normalized spacial score (nSPS) is 20.0. The van der Waals surface area contributed by atoms with Gasteiger partial charge in [0.15, 0.2) is 11.6 Å². The summed E-state index contributed by atoms with van der Waals surface area (Å²) in [4.78, 5) is 4.33. The van der Waals surface area contributed by atoms with Gasteiger partial charge in [-0.3, -0.25) is 4.98 Å². The number of nitrogens with zero attached hydrogens (tertiary/aromatic N) is 1. The van der Waals surface area contributed by atoms with Gasteiger partial charge >= 0.3 is 0 Å². The molecule has 1 aliphatic rings. The summed E-state index contributed by atoms with van der Waals surface area (Å²) in [7, 11) is 0. The second-order valence-corrected chi connectivity index (χ2v) is 6.78. The second kappa shape index (κ2) is 8.76. The van der Waals surface area contributed by atoms with Crippen molar-refractivity contribution in [2.75, 3.05) is 0 Å². The fourth-order valence-corrected chi connectivity index (χ4v) is 3.26. The van der Waals surface area contributed by atoms with Gasteiger partial charge in [-0.2, -0.15) is 0 Å². The predicted molar refractivity (Wildman–Crippen MR) is 101 cm³/mol. The molecule has 2 aromatic rings. The van der Waals surface area contributed by atoms with E-state index >= 15 is 0 Å². The molecule has 0 saturated heterocycles. The molecule has 1 aromatic heterocycles. The van der Waals surface area contributed by atoms with Crippen molar-refractivity contribution in [3.8, 4) is 23.1 Å². The second-order valence-electron chi connectivity index (χ2n) is 6.78. The van der Waals surface area contributed by atoms with Crippen molar-refractivity contribution in [2.24, 2.45) is 11.8 Å². The van der Waals surface area contributed by atoms with E-state index in [1.165, 1.54) is 18.9 Å². The number of hydrogen-bond acceptors (Lipinski definition) is 1. The lowest BCUT2D eigenvalue weighted by molar-refractivity contribution is 0.364. The van der Waals surface area contributed by atoms with Crippen LogP contribution < -0.4 is 0 Å². The van der Waals surface area contributed by atoms with Crippen LogP contribution in [0.2, 0.25) is 0 Å². The molecule has 1 fully saturated rings. The van der Waals surface area contributed by atoms with Gasteiger partial charge in [-0.25, -0.2) is 8.78 Å². The highest BCUT2D eigenvalue weighted by Crippen LogP contribution is 2.29. The first-order valence-corrected chi connectivity index (χ1v) is 9.25.